The van der Waals surface area contributed by atoms with Gasteiger partial charge in [-0.05, 0) is 39.0 Å². The highest BCUT2D eigenvalue weighted by atomic mass is 16.5. The van der Waals surface area contributed by atoms with Crippen LogP contribution in [-0.4, -0.2) is 69.0 Å². The molecule has 0 radical (unpaired) electrons. The number of nitrogens with zero attached hydrogens (tertiary/aromatic N) is 2. The van der Waals surface area contributed by atoms with Crippen molar-refractivity contribution in [2.45, 2.75) is 19.0 Å². The number of piperidine rings is 1. The first-order chi connectivity index (χ1) is 10.6. The maximum absolute atomic E-state index is 9.55. The van der Waals surface area contributed by atoms with Crippen molar-refractivity contribution in [2.24, 2.45) is 5.92 Å². The second kappa shape index (κ2) is 7.81. The molecule has 1 N–H and O–H groups in total. The first kappa shape index (κ1) is 17.1. The van der Waals surface area contributed by atoms with Crippen molar-refractivity contribution < 1.29 is 14.6 Å². The highest BCUT2D eigenvalue weighted by Crippen LogP contribution is 2.28. The van der Waals surface area contributed by atoms with E-state index in [-0.39, 0.29) is 6.61 Å². The van der Waals surface area contributed by atoms with Crippen LogP contribution in [0.2, 0.25) is 0 Å². The fraction of sp³-hybridized carbons (Fsp3) is 0.647. The molecule has 0 aliphatic carbocycles. The van der Waals surface area contributed by atoms with Gasteiger partial charge in [0.1, 0.15) is 11.5 Å². The quantitative estimate of drug-likeness (QED) is 0.862. The third-order valence-corrected chi connectivity index (χ3v) is 4.59. The van der Waals surface area contributed by atoms with Crippen LogP contribution < -0.4 is 9.47 Å². The van der Waals surface area contributed by atoms with E-state index in [9.17, 15) is 5.11 Å². The summed E-state index contributed by atoms with van der Waals surface area (Å²) in [6.07, 6.45) is 1.03. The molecule has 2 atom stereocenters. The Morgan fingerprint density at radius 3 is 2.64 bits per heavy atom. The van der Waals surface area contributed by atoms with E-state index < -0.39 is 0 Å². The van der Waals surface area contributed by atoms with E-state index in [0.29, 0.717) is 12.0 Å². The van der Waals surface area contributed by atoms with Gasteiger partial charge in [0.2, 0.25) is 0 Å². The van der Waals surface area contributed by atoms with Crippen LogP contribution in [0.5, 0.6) is 11.5 Å². The number of likely N-dealkylation sites (tertiary alicyclic amines) is 1. The van der Waals surface area contributed by atoms with E-state index >= 15 is 0 Å². The highest BCUT2D eigenvalue weighted by molar-refractivity contribution is 5.40. The Morgan fingerprint density at radius 1 is 1.27 bits per heavy atom. The molecule has 5 heteroatoms. The minimum atomic E-state index is 0.266. The van der Waals surface area contributed by atoms with Crippen LogP contribution in [0.3, 0.4) is 0 Å². The molecule has 1 aliphatic heterocycles. The lowest BCUT2D eigenvalue weighted by Crippen LogP contribution is -2.51. The van der Waals surface area contributed by atoms with Gasteiger partial charge >= 0.3 is 0 Å². The van der Waals surface area contributed by atoms with Gasteiger partial charge in [-0.2, -0.15) is 0 Å². The van der Waals surface area contributed by atoms with Gasteiger partial charge in [0, 0.05) is 37.4 Å². The summed E-state index contributed by atoms with van der Waals surface area (Å²) in [5, 5.41) is 9.55. The zero-order valence-corrected chi connectivity index (χ0v) is 14.1. The molecule has 1 fully saturated rings. The lowest BCUT2D eigenvalue weighted by molar-refractivity contribution is 0.0458. The molecule has 0 spiro atoms. The fourth-order valence-corrected chi connectivity index (χ4v) is 3.21. The van der Waals surface area contributed by atoms with Crippen LogP contribution in [0, 0.1) is 5.92 Å². The molecule has 1 saturated heterocycles. The van der Waals surface area contributed by atoms with Crippen molar-refractivity contribution in [3.8, 4) is 11.5 Å². The molecule has 1 heterocycles. The highest BCUT2D eigenvalue weighted by Gasteiger charge is 2.30. The molecule has 0 saturated carbocycles. The number of hydrogen-bond acceptors (Lipinski definition) is 5. The van der Waals surface area contributed by atoms with Crippen molar-refractivity contribution in [1.29, 1.82) is 0 Å². The van der Waals surface area contributed by atoms with Crippen LogP contribution >= 0.6 is 0 Å². The maximum Gasteiger partial charge on any atom is 0.127 e. The van der Waals surface area contributed by atoms with Gasteiger partial charge < -0.3 is 19.5 Å². The fourth-order valence-electron chi connectivity index (χ4n) is 3.21. The number of ether oxygens (including phenoxy) is 2. The Kier molecular flexibility index (Phi) is 6.06. The number of benzene rings is 1. The molecular weight excluding hydrogens is 280 g/mol. The molecule has 124 valence electrons. The molecule has 0 unspecified atom stereocenters. The molecule has 0 aromatic heterocycles. The van der Waals surface area contributed by atoms with Gasteiger partial charge in [-0.3, -0.25) is 4.90 Å². The van der Waals surface area contributed by atoms with E-state index in [1.165, 1.54) is 5.56 Å². The third-order valence-electron chi connectivity index (χ3n) is 4.59. The average Bonchev–Trinajstić information content (AvgIpc) is 2.55. The second-order valence-electron chi connectivity index (χ2n) is 6.18. The molecule has 1 aromatic rings. The van der Waals surface area contributed by atoms with Gasteiger partial charge in [0.25, 0.3) is 0 Å². The van der Waals surface area contributed by atoms with Gasteiger partial charge in [-0.15, -0.1) is 0 Å². The van der Waals surface area contributed by atoms with E-state index in [2.05, 4.69) is 30.0 Å². The van der Waals surface area contributed by atoms with E-state index in [1.807, 2.05) is 12.1 Å². The summed E-state index contributed by atoms with van der Waals surface area (Å²) in [6.45, 7) is 3.09. The first-order valence-electron chi connectivity index (χ1n) is 7.79. The number of aliphatic hydroxyl groups excluding tert-OH is 1. The maximum atomic E-state index is 9.55. The van der Waals surface area contributed by atoms with E-state index in [4.69, 9.17) is 9.47 Å². The molecular formula is C17H28N2O3. The Morgan fingerprint density at radius 2 is 2.05 bits per heavy atom. The topological polar surface area (TPSA) is 45.2 Å². The molecule has 1 aliphatic rings. The van der Waals surface area contributed by atoms with Crippen LogP contribution in [0.1, 0.15) is 12.0 Å². The first-order valence-corrected chi connectivity index (χ1v) is 7.79. The SMILES string of the molecule is COc1ccc(CN2CC[C@H](CO)[C@H](N(C)C)C2)c(OC)c1. The summed E-state index contributed by atoms with van der Waals surface area (Å²) < 4.78 is 10.7. The molecule has 0 bridgehead atoms. The van der Waals surface area contributed by atoms with E-state index in [0.717, 1.165) is 37.6 Å². The summed E-state index contributed by atoms with van der Waals surface area (Å²) in [4.78, 5) is 4.65. The van der Waals surface area contributed by atoms with Crippen molar-refractivity contribution in [1.82, 2.24) is 9.80 Å². The zero-order chi connectivity index (χ0) is 16.1. The zero-order valence-electron chi connectivity index (χ0n) is 14.1. The predicted octanol–water partition coefficient (Wildman–Crippen LogP) is 1.45. The van der Waals surface area contributed by atoms with Crippen molar-refractivity contribution in [2.75, 3.05) is 48.0 Å². The van der Waals surface area contributed by atoms with Crippen molar-refractivity contribution in [3.63, 3.8) is 0 Å². The van der Waals surface area contributed by atoms with Gasteiger partial charge in [0.15, 0.2) is 0 Å². The smallest absolute Gasteiger partial charge is 0.127 e. The lowest BCUT2D eigenvalue weighted by Gasteiger charge is -2.41. The van der Waals surface area contributed by atoms with Crippen LogP contribution in [0.25, 0.3) is 0 Å². The molecule has 22 heavy (non-hydrogen) atoms. The predicted molar refractivity (Wildman–Crippen MR) is 87.5 cm³/mol. The van der Waals surface area contributed by atoms with Crippen molar-refractivity contribution >= 4 is 0 Å². The van der Waals surface area contributed by atoms with E-state index in [1.54, 1.807) is 14.2 Å². The summed E-state index contributed by atoms with van der Waals surface area (Å²) in [5.41, 5.74) is 1.17. The minimum absolute atomic E-state index is 0.266. The summed E-state index contributed by atoms with van der Waals surface area (Å²) in [7, 11) is 7.53. The second-order valence-corrected chi connectivity index (χ2v) is 6.18. The normalized spacial score (nSPS) is 22.8. The van der Waals surface area contributed by atoms with Crippen LogP contribution in [0.15, 0.2) is 18.2 Å². The van der Waals surface area contributed by atoms with Gasteiger partial charge in [-0.1, -0.05) is 6.07 Å². The molecule has 0 amide bonds. The molecule has 2 rings (SSSR count). The van der Waals surface area contributed by atoms with Gasteiger partial charge in [-0.25, -0.2) is 0 Å². The number of rotatable bonds is 6. The third kappa shape index (κ3) is 3.91. The standard InChI is InChI=1S/C17H28N2O3/c1-18(2)16-11-19(8-7-14(16)12-20)10-13-5-6-15(21-3)9-17(13)22-4/h5-6,9,14,16,20H,7-8,10-12H2,1-4H3/t14-,16-/m1/s1. The monoisotopic (exact) mass is 308 g/mol. The summed E-state index contributed by atoms with van der Waals surface area (Å²) in [6, 6.07) is 6.37. The Labute approximate surface area is 133 Å². The number of hydrogen-bond donors (Lipinski definition) is 1. The molecule has 5 nitrogen and oxygen atoms in total. The lowest BCUT2D eigenvalue weighted by atomic mass is 9.91. The largest absolute Gasteiger partial charge is 0.497 e. The Hall–Kier alpha value is -1.30. The van der Waals surface area contributed by atoms with Crippen LogP contribution in [-0.2, 0) is 6.54 Å². The minimum Gasteiger partial charge on any atom is -0.497 e. The average molecular weight is 308 g/mol. The number of aliphatic hydroxyl groups is 1. The number of methoxy groups -OCH3 is 2. The molecule has 1 aromatic carbocycles. The van der Waals surface area contributed by atoms with Crippen molar-refractivity contribution in [3.05, 3.63) is 23.8 Å². The summed E-state index contributed by atoms with van der Waals surface area (Å²) >= 11 is 0. The van der Waals surface area contributed by atoms with Gasteiger partial charge in [0.05, 0.1) is 14.2 Å². The Balaban J connectivity index is 2.07. The number of likely N-dealkylation sites (N-methyl/N-ethyl adjacent to an activating group) is 1. The summed E-state index contributed by atoms with van der Waals surface area (Å²) in [5.74, 6) is 2.04. The van der Waals surface area contributed by atoms with Crippen LogP contribution in [0.4, 0.5) is 0 Å². The Bertz CT molecular complexity index is 479.